The van der Waals surface area contributed by atoms with Gasteiger partial charge in [0.2, 0.25) is 0 Å². The molecule has 0 N–H and O–H groups in total. The van der Waals surface area contributed by atoms with E-state index in [9.17, 15) is 4.39 Å². The largest absolute Gasteiger partial charge is 0.333 e. The van der Waals surface area contributed by atoms with E-state index in [1.165, 1.54) is 32.8 Å². The number of nitrogens with zero attached hydrogens (tertiary/aromatic N) is 4. The van der Waals surface area contributed by atoms with Gasteiger partial charge in [-0.1, -0.05) is 117 Å². The van der Waals surface area contributed by atoms with Crippen LogP contribution < -0.4 is 5.19 Å². The molecule has 0 aliphatic heterocycles. The van der Waals surface area contributed by atoms with Crippen molar-refractivity contribution in [3.63, 3.8) is 0 Å². The third kappa shape index (κ3) is 7.87. The number of fused-ring (bicyclic) bond motifs is 4. The predicted octanol–water partition coefficient (Wildman–Crippen LogP) is 12.3. The third-order valence-electron chi connectivity index (χ3n) is 9.46. The molecule has 0 saturated carbocycles. The summed E-state index contributed by atoms with van der Waals surface area (Å²) in [5, 5.41) is 3.55. The zero-order valence-corrected chi connectivity index (χ0v) is 35.4. The second-order valence-electron chi connectivity index (χ2n) is 14.5. The summed E-state index contributed by atoms with van der Waals surface area (Å²) in [5.74, 6) is -0.101. The van der Waals surface area contributed by atoms with Crippen molar-refractivity contribution >= 4 is 55.9 Å². The maximum Gasteiger partial charge on any atom is 0.114 e. The Balaban J connectivity index is 0.000000190. The Bertz CT molecular complexity index is 2790. The van der Waals surface area contributed by atoms with Crippen LogP contribution in [0.4, 0.5) is 4.39 Å². The first-order chi connectivity index (χ1) is 26.4. The van der Waals surface area contributed by atoms with E-state index in [0.29, 0.717) is 0 Å². The molecule has 0 atom stereocenters. The number of para-hydroxylation sites is 3. The van der Waals surface area contributed by atoms with E-state index in [1.54, 1.807) is 17.4 Å². The van der Waals surface area contributed by atoms with Crippen LogP contribution in [0.15, 0.2) is 140 Å². The fraction of sp³-hybridized carbons (Fsp3) is 0.128. The molecule has 9 aromatic rings. The first-order valence-electron chi connectivity index (χ1n) is 18.5. The summed E-state index contributed by atoms with van der Waals surface area (Å²) in [6.07, 6.45) is 1.89. The molecule has 55 heavy (non-hydrogen) atoms. The number of rotatable bonds is 6. The number of hydrogen-bond donors (Lipinski definition) is 0. The molecule has 0 spiro atoms. The third-order valence-corrected chi connectivity index (χ3v) is 12.5. The Labute approximate surface area is 341 Å². The number of aromatic nitrogens is 4. The zero-order chi connectivity index (χ0) is 38.3. The van der Waals surface area contributed by atoms with Crippen molar-refractivity contribution in [2.45, 2.75) is 39.4 Å². The van der Waals surface area contributed by atoms with Gasteiger partial charge in [0.1, 0.15) is 4.83 Å². The first-order valence-corrected chi connectivity index (χ1v) is 22.3. The minimum absolute atomic E-state index is 0. The standard InChI is InChI=1S/C30H18N3S.C17H21FNSi.Ir/c1-3-9-20(10-4-1)25-18-17-24-23-16-15-21(19-28(23)34-30(24)32-25)29-31-26-13-7-8-14-27(26)33(29)22-11-5-2-6-12-22;1-12(2)15-10-16(13-6-8-14(18)9-7-13)19-11-17(15)20(3,4)5;/h1-14,16-19H;6,8-12H,1-5H3;/q2*-1;/i;12D;. The topological polar surface area (TPSA) is 43.6 Å². The molecule has 4 nitrogen and oxygen atoms in total. The molecule has 0 aliphatic carbocycles. The van der Waals surface area contributed by atoms with Gasteiger partial charge in [-0.15, -0.1) is 64.9 Å². The Kier molecular flexibility index (Phi) is 10.7. The molecule has 275 valence electrons. The molecule has 0 unspecified atom stereocenters. The van der Waals surface area contributed by atoms with Crippen molar-refractivity contribution in [2.75, 3.05) is 0 Å². The van der Waals surface area contributed by atoms with Gasteiger partial charge in [-0.3, -0.25) is 9.37 Å². The first kappa shape index (κ1) is 36.8. The van der Waals surface area contributed by atoms with Gasteiger partial charge < -0.3 is 9.55 Å². The van der Waals surface area contributed by atoms with Crippen molar-refractivity contribution in [2.24, 2.45) is 0 Å². The summed E-state index contributed by atoms with van der Waals surface area (Å²) in [4.78, 5) is 15.5. The van der Waals surface area contributed by atoms with Crippen LogP contribution >= 0.6 is 11.3 Å². The molecule has 9 rings (SSSR count). The van der Waals surface area contributed by atoms with Crippen molar-refractivity contribution < 1.29 is 25.9 Å². The van der Waals surface area contributed by atoms with Crippen LogP contribution in [0.3, 0.4) is 0 Å². The van der Waals surface area contributed by atoms with Crippen LogP contribution in [-0.4, -0.2) is 27.6 Å². The number of halogens is 1. The Morgan fingerprint density at radius 2 is 1.45 bits per heavy atom. The van der Waals surface area contributed by atoms with Gasteiger partial charge in [0, 0.05) is 44.7 Å². The Morgan fingerprint density at radius 1 is 0.745 bits per heavy atom. The average Bonchev–Trinajstić information content (AvgIpc) is 3.76. The van der Waals surface area contributed by atoms with Crippen LogP contribution in [0.5, 0.6) is 0 Å². The molecule has 0 aliphatic rings. The molecule has 0 saturated heterocycles. The molecule has 0 bridgehead atoms. The minimum atomic E-state index is -1.57. The van der Waals surface area contributed by atoms with Crippen LogP contribution in [0, 0.1) is 17.9 Å². The van der Waals surface area contributed by atoms with E-state index in [-0.39, 0.29) is 25.9 Å². The second-order valence-corrected chi connectivity index (χ2v) is 20.6. The van der Waals surface area contributed by atoms with Crippen molar-refractivity contribution in [1.29, 1.82) is 0 Å². The van der Waals surface area contributed by atoms with E-state index < -0.39 is 14.0 Å². The monoisotopic (exact) mass is 932 g/mol. The van der Waals surface area contributed by atoms with E-state index >= 15 is 0 Å². The molecular weight excluding hydrogens is 892 g/mol. The second kappa shape index (κ2) is 15.9. The fourth-order valence-electron chi connectivity index (χ4n) is 6.72. The maximum atomic E-state index is 13.0. The molecule has 0 fully saturated rings. The molecular formula is C47H39FIrN4SSi-2. The van der Waals surface area contributed by atoms with Crippen molar-refractivity contribution in [3.8, 4) is 39.6 Å². The van der Waals surface area contributed by atoms with Crippen molar-refractivity contribution in [3.05, 3.63) is 163 Å². The van der Waals surface area contributed by atoms with Crippen LogP contribution in [0.2, 0.25) is 19.6 Å². The number of benzene rings is 5. The summed E-state index contributed by atoms with van der Waals surface area (Å²) < 4.78 is 24.8. The Morgan fingerprint density at radius 3 is 2.16 bits per heavy atom. The zero-order valence-electron chi connectivity index (χ0n) is 32.2. The number of pyridine rings is 2. The molecule has 4 aromatic heterocycles. The van der Waals surface area contributed by atoms with Gasteiger partial charge in [-0.2, -0.15) is 0 Å². The summed E-state index contributed by atoms with van der Waals surface area (Å²) in [5.41, 5.74) is 8.75. The van der Waals surface area contributed by atoms with Gasteiger partial charge in [0.15, 0.2) is 0 Å². The van der Waals surface area contributed by atoms with E-state index in [1.807, 2.05) is 56.4 Å². The maximum absolute atomic E-state index is 13.0. The summed E-state index contributed by atoms with van der Waals surface area (Å²) in [7, 11) is -1.57. The Hall–Kier alpha value is -5.11. The van der Waals surface area contributed by atoms with Crippen LogP contribution in [-0.2, 0) is 20.1 Å². The fourth-order valence-corrected chi connectivity index (χ4v) is 9.39. The molecule has 1 radical (unpaired) electrons. The smallest absolute Gasteiger partial charge is 0.114 e. The van der Waals surface area contributed by atoms with Gasteiger partial charge in [-0.25, -0.2) is 4.98 Å². The predicted molar refractivity (Wildman–Crippen MR) is 227 cm³/mol. The normalized spacial score (nSPS) is 11.9. The molecule has 5 aromatic carbocycles. The van der Waals surface area contributed by atoms with Gasteiger partial charge in [-0.05, 0) is 57.2 Å². The molecule has 4 heterocycles. The van der Waals surface area contributed by atoms with Crippen LogP contribution in [0.25, 0.3) is 70.9 Å². The quantitative estimate of drug-likeness (QED) is 0.123. The summed E-state index contributed by atoms with van der Waals surface area (Å²) in [6, 6.07) is 50.3. The minimum Gasteiger partial charge on any atom is -0.333 e. The van der Waals surface area contributed by atoms with Crippen molar-refractivity contribution in [1.82, 2.24) is 19.5 Å². The molecule has 0 amide bonds. The summed E-state index contributed by atoms with van der Waals surface area (Å²) in [6.45, 7) is 10.5. The SMILES string of the molecule is [2H]C(C)(C)c1cc(-c2[c-]cc(F)cc2)ncc1[Si](C)(C)C.[Ir].[c-]1cc2c(cc1-c1nc3ccccc3n1-c1ccccc1)sc1nc(-c3ccccc3)ccc12. The van der Waals surface area contributed by atoms with E-state index in [2.05, 4.69) is 120 Å². The molecule has 8 heteroatoms. The van der Waals surface area contributed by atoms with E-state index in [0.717, 1.165) is 61.0 Å². The number of hydrogen-bond acceptors (Lipinski definition) is 4. The number of imidazole rings is 1. The number of thiophene rings is 1. The average molecular weight is 932 g/mol. The van der Waals surface area contributed by atoms with Crippen LogP contribution in [0.1, 0.15) is 26.7 Å². The van der Waals surface area contributed by atoms with Gasteiger partial charge in [0.25, 0.3) is 0 Å². The van der Waals surface area contributed by atoms with Gasteiger partial charge >= 0.3 is 0 Å². The van der Waals surface area contributed by atoms with E-state index in [4.69, 9.17) is 11.3 Å². The summed E-state index contributed by atoms with van der Waals surface area (Å²) >= 11 is 1.72. The van der Waals surface area contributed by atoms with Gasteiger partial charge in [0.05, 0.1) is 30.6 Å².